The van der Waals surface area contributed by atoms with Crippen LogP contribution in [-0.2, 0) is 0 Å². The Morgan fingerprint density at radius 1 is 0.957 bits per heavy atom. The van der Waals surface area contributed by atoms with E-state index in [9.17, 15) is 4.39 Å². The van der Waals surface area contributed by atoms with Crippen LogP contribution < -0.4 is 10.6 Å². The standard InChI is InChI=1S/C17H16FN5/c1-11-3-4-12(2)15(9-11)21-16-10-19-23-17(22-16)20-14-7-5-13(18)6-8-14/h3-10H,1-2H3,(H2,20,21,22,23). The third-order valence-electron chi connectivity index (χ3n) is 3.32. The number of aromatic nitrogens is 3. The summed E-state index contributed by atoms with van der Waals surface area (Å²) in [4.78, 5) is 4.37. The first-order chi connectivity index (χ1) is 11.1. The lowest BCUT2D eigenvalue weighted by Crippen LogP contribution is -2.03. The highest BCUT2D eigenvalue weighted by molar-refractivity contribution is 5.62. The van der Waals surface area contributed by atoms with E-state index in [1.54, 1.807) is 18.3 Å². The van der Waals surface area contributed by atoms with Crippen LogP contribution in [0.3, 0.4) is 0 Å². The van der Waals surface area contributed by atoms with Crippen molar-refractivity contribution < 1.29 is 4.39 Å². The summed E-state index contributed by atoms with van der Waals surface area (Å²) in [6.45, 7) is 4.05. The summed E-state index contributed by atoms with van der Waals surface area (Å²) in [7, 11) is 0. The minimum atomic E-state index is -0.292. The van der Waals surface area contributed by atoms with E-state index in [1.165, 1.54) is 12.1 Å². The van der Waals surface area contributed by atoms with Crippen molar-refractivity contribution in [2.45, 2.75) is 13.8 Å². The van der Waals surface area contributed by atoms with Crippen LogP contribution in [0.5, 0.6) is 0 Å². The Hall–Kier alpha value is -3.02. The zero-order chi connectivity index (χ0) is 16.2. The van der Waals surface area contributed by atoms with Crippen LogP contribution in [0.15, 0.2) is 48.7 Å². The topological polar surface area (TPSA) is 62.7 Å². The molecule has 6 heteroatoms. The third kappa shape index (κ3) is 3.79. The summed E-state index contributed by atoms with van der Waals surface area (Å²) in [5.41, 5.74) is 3.93. The van der Waals surface area contributed by atoms with Gasteiger partial charge < -0.3 is 10.6 Å². The van der Waals surface area contributed by atoms with Gasteiger partial charge in [0.25, 0.3) is 0 Å². The van der Waals surface area contributed by atoms with Crippen molar-refractivity contribution in [2.24, 2.45) is 0 Å². The fraction of sp³-hybridized carbons (Fsp3) is 0.118. The second kappa shape index (κ2) is 6.39. The maximum absolute atomic E-state index is 12.9. The number of aryl methyl sites for hydroxylation is 2. The molecular weight excluding hydrogens is 293 g/mol. The highest BCUT2D eigenvalue weighted by atomic mass is 19.1. The average Bonchev–Trinajstić information content (AvgIpc) is 2.54. The number of nitrogens with one attached hydrogen (secondary N) is 2. The van der Waals surface area contributed by atoms with Crippen molar-refractivity contribution in [3.63, 3.8) is 0 Å². The first kappa shape index (κ1) is 14.9. The van der Waals surface area contributed by atoms with Gasteiger partial charge in [-0.1, -0.05) is 12.1 Å². The van der Waals surface area contributed by atoms with Gasteiger partial charge in [-0.05, 0) is 55.3 Å². The molecule has 0 bridgehead atoms. The Balaban J connectivity index is 1.79. The highest BCUT2D eigenvalue weighted by Crippen LogP contribution is 2.21. The van der Waals surface area contributed by atoms with Gasteiger partial charge in [0.1, 0.15) is 5.82 Å². The molecule has 0 aliphatic carbocycles. The van der Waals surface area contributed by atoms with E-state index in [0.717, 1.165) is 16.8 Å². The van der Waals surface area contributed by atoms with E-state index in [-0.39, 0.29) is 5.82 Å². The fourth-order valence-corrected chi connectivity index (χ4v) is 2.09. The van der Waals surface area contributed by atoms with Gasteiger partial charge in [0.2, 0.25) is 5.95 Å². The molecule has 1 heterocycles. The molecule has 0 saturated carbocycles. The van der Waals surface area contributed by atoms with Gasteiger partial charge >= 0.3 is 0 Å². The second-order valence-electron chi connectivity index (χ2n) is 5.24. The number of anilines is 4. The van der Waals surface area contributed by atoms with E-state index < -0.39 is 0 Å². The number of hydrogen-bond donors (Lipinski definition) is 2. The van der Waals surface area contributed by atoms with Gasteiger partial charge in [0.15, 0.2) is 5.82 Å². The van der Waals surface area contributed by atoms with Gasteiger partial charge in [-0.25, -0.2) is 4.39 Å². The molecule has 0 saturated heterocycles. The molecule has 0 radical (unpaired) electrons. The van der Waals surface area contributed by atoms with E-state index in [1.807, 2.05) is 26.0 Å². The van der Waals surface area contributed by atoms with Crippen molar-refractivity contribution in [2.75, 3.05) is 10.6 Å². The third-order valence-corrected chi connectivity index (χ3v) is 3.32. The van der Waals surface area contributed by atoms with Crippen molar-refractivity contribution >= 4 is 23.1 Å². The highest BCUT2D eigenvalue weighted by Gasteiger charge is 2.04. The normalized spacial score (nSPS) is 10.4. The Morgan fingerprint density at radius 3 is 2.52 bits per heavy atom. The first-order valence-electron chi connectivity index (χ1n) is 7.17. The van der Waals surface area contributed by atoms with Gasteiger partial charge in [-0.2, -0.15) is 10.1 Å². The van der Waals surface area contributed by atoms with Crippen LogP contribution in [0.4, 0.5) is 27.5 Å². The second-order valence-corrected chi connectivity index (χ2v) is 5.24. The zero-order valence-corrected chi connectivity index (χ0v) is 12.8. The zero-order valence-electron chi connectivity index (χ0n) is 12.8. The van der Waals surface area contributed by atoms with Crippen LogP contribution in [-0.4, -0.2) is 15.2 Å². The van der Waals surface area contributed by atoms with Crippen LogP contribution >= 0.6 is 0 Å². The molecule has 3 rings (SSSR count). The molecule has 116 valence electrons. The van der Waals surface area contributed by atoms with Crippen LogP contribution in [0, 0.1) is 19.7 Å². The number of rotatable bonds is 4. The van der Waals surface area contributed by atoms with E-state index in [4.69, 9.17) is 0 Å². The Kier molecular flexibility index (Phi) is 4.14. The summed E-state index contributed by atoms with van der Waals surface area (Å²) in [5.74, 6) is 0.630. The molecule has 0 aliphatic heterocycles. The van der Waals surface area contributed by atoms with Gasteiger partial charge in [0.05, 0.1) is 6.20 Å². The molecule has 1 aromatic heterocycles. The van der Waals surface area contributed by atoms with Crippen molar-refractivity contribution in [1.29, 1.82) is 0 Å². The number of benzene rings is 2. The van der Waals surface area contributed by atoms with Gasteiger partial charge in [-0.3, -0.25) is 0 Å². The lowest BCUT2D eigenvalue weighted by molar-refractivity contribution is 0.628. The SMILES string of the molecule is Cc1ccc(C)c(Nc2cnnc(Nc3ccc(F)cc3)n2)c1. The smallest absolute Gasteiger partial charge is 0.249 e. The van der Waals surface area contributed by atoms with Crippen molar-refractivity contribution in [3.05, 3.63) is 65.6 Å². The molecule has 0 aliphatic rings. The van der Waals surface area contributed by atoms with E-state index >= 15 is 0 Å². The monoisotopic (exact) mass is 309 g/mol. The van der Waals surface area contributed by atoms with Gasteiger partial charge in [-0.15, -0.1) is 5.10 Å². The van der Waals surface area contributed by atoms with Gasteiger partial charge in [0, 0.05) is 11.4 Å². The lowest BCUT2D eigenvalue weighted by Gasteiger charge is -2.10. The molecule has 0 spiro atoms. The molecule has 23 heavy (non-hydrogen) atoms. The summed E-state index contributed by atoms with van der Waals surface area (Å²) in [6.07, 6.45) is 1.55. The quantitative estimate of drug-likeness (QED) is 0.759. The Morgan fingerprint density at radius 2 is 1.74 bits per heavy atom. The number of halogens is 1. The number of hydrogen-bond acceptors (Lipinski definition) is 5. The molecule has 0 unspecified atom stereocenters. The minimum absolute atomic E-state index is 0.292. The largest absolute Gasteiger partial charge is 0.339 e. The van der Waals surface area contributed by atoms with E-state index in [0.29, 0.717) is 17.5 Å². The molecule has 2 aromatic carbocycles. The Labute approximate surface area is 133 Å². The molecule has 0 atom stereocenters. The first-order valence-corrected chi connectivity index (χ1v) is 7.17. The maximum atomic E-state index is 12.9. The summed E-state index contributed by atoms with van der Waals surface area (Å²) in [5, 5.41) is 14.1. The van der Waals surface area contributed by atoms with Crippen molar-refractivity contribution in [3.8, 4) is 0 Å². The van der Waals surface area contributed by atoms with Crippen LogP contribution in [0.2, 0.25) is 0 Å². The predicted octanol–water partition coefficient (Wildman–Crippen LogP) is 4.11. The van der Waals surface area contributed by atoms with Crippen LogP contribution in [0.25, 0.3) is 0 Å². The molecular formula is C17H16FN5. The fourth-order valence-electron chi connectivity index (χ4n) is 2.09. The molecule has 2 N–H and O–H groups in total. The minimum Gasteiger partial charge on any atom is -0.339 e. The van der Waals surface area contributed by atoms with Crippen molar-refractivity contribution in [1.82, 2.24) is 15.2 Å². The maximum Gasteiger partial charge on any atom is 0.249 e. The van der Waals surface area contributed by atoms with Crippen LogP contribution in [0.1, 0.15) is 11.1 Å². The molecule has 3 aromatic rings. The Bertz CT molecular complexity index is 817. The summed E-state index contributed by atoms with van der Waals surface area (Å²) < 4.78 is 12.9. The molecule has 0 amide bonds. The molecule has 0 fully saturated rings. The summed E-state index contributed by atoms with van der Waals surface area (Å²) >= 11 is 0. The number of nitrogens with zero attached hydrogens (tertiary/aromatic N) is 3. The molecule has 5 nitrogen and oxygen atoms in total. The lowest BCUT2D eigenvalue weighted by atomic mass is 10.1. The van der Waals surface area contributed by atoms with E-state index in [2.05, 4.69) is 31.9 Å². The summed E-state index contributed by atoms with van der Waals surface area (Å²) in [6, 6.07) is 12.1. The predicted molar refractivity (Wildman–Crippen MR) is 88.7 cm³/mol. The average molecular weight is 309 g/mol.